The van der Waals surface area contributed by atoms with Gasteiger partial charge in [0, 0.05) is 18.8 Å². The minimum absolute atomic E-state index is 0.0904. The molecule has 8 heteroatoms. The summed E-state index contributed by atoms with van der Waals surface area (Å²) in [7, 11) is 1.20. The maximum atomic E-state index is 14.3. The van der Waals surface area contributed by atoms with Crippen molar-refractivity contribution in [2.75, 3.05) is 20.3 Å². The Kier molecular flexibility index (Phi) is 7.40. The highest BCUT2D eigenvalue weighted by Gasteiger charge is 2.43. The number of hydrogen-bond donors (Lipinski definition) is 1. The van der Waals surface area contributed by atoms with Gasteiger partial charge in [0.25, 0.3) is 0 Å². The number of ether oxygens (including phenoxy) is 2. The first-order valence-corrected chi connectivity index (χ1v) is 12.6. The van der Waals surface area contributed by atoms with Crippen molar-refractivity contribution >= 4 is 18.0 Å². The number of nitrogens with zero attached hydrogens (tertiary/aromatic N) is 1. The van der Waals surface area contributed by atoms with Gasteiger partial charge in [-0.2, -0.15) is 0 Å². The highest BCUT2D eigenvalue weighted by atomic mass is 19.1. The molecule has 3 aromatic carbocycles. The Balaban J connectivity index is 1.32. The van der Waals surface area contributed by atoms with Crippen LogP contribution in [0.1, 0.15) is 29.0 Å². The number of amides is 2. The Labute approximate surface area is 220 Å². The molecule has 0 spiro atoms. The summed E-state index contributed by atoms with van der Waals surface area (Å²) in [6, 6.07) is 23.1. The Morgan fingerprint density at radius 1 is 0.947 bits per heavy atom. The summed E-state index contributed by atoms with van der Waals surface area (Å²) < 4.78 is 24.7. The van der Waals surface area contributed by atoms with E-state index < -0.39 is 36.2 Å². The van der Waals surface area contributed by atoms with Crippen LogP contribution < -0.4 is 5.32 Å². The van der Waals surface area contributed by atoms with Crippen molar-refractivity contribution in [1.82, 2.24) is 10.2 Å². The molecule has 38 heavy (non-hydrogen) atoms. The van der Waals surface area contributed by atoms with E-state index >= 15 is 0 Å². The zero-order valence-corrected chi connectivity index (χ0v) is 21.0. The molecule has 7 nitrogen and oxygen atoms in total. The van der Waals surface area contributed by atoms with Crippen LogP contribution in [0.2, 0.25) is 0 Å². The topological polar surface area (TPSA) is 84.9 Å². The van der Waals surface area contributed by atoms with Crippen LogP contribution in [0.25, 0.3) is 11.1 Å². The maximum absolute atomic E-state index is 14.3. The van der Waals surface area contributed by atoms with E-state index in [0.29, 0.717) is 0 Å². The maximum Gasteiger partial charge on any atom is 0.407 e. The monoisotopic (exact) mass is 516 g/mol. The van der Waals surface area contributed by atoms with Gasteiger partial charge >= 0.3 is 12.1 Å². The molecular formula is C30H29FN2O5. The molecule has 3 aromatic rings. The average Bonchev–Trinajstić information content (AvgIpc) is 3.49. The lowest BCUT2D eigenvalue weighted by atomic mass is 9.98. The van der Waals surface area contributed by atoms with Gasteiger partial charge in [-0.1, -0.05) is 78.9 Å². The summed E-state index contributed by atoms with van der Waals surface area (Å²) in [5.74, 6) is -1.37. The molecule has 3 atom stereocenters. The molecule has 196 valence electrons. The van der Waals surface area contributed by atoms with Crippen LogP contribution in [-0.4, -0.2) is 61.4 Å². The minimum Gasteiger partial charge on any atom is -0.467 e. The third-order valence-electron chi connectivity index (χ3n) is 7.22. The van der Waals surface area contributed by atoms with Crippen molar-refractivity contribution < 1.29 is 28.2 Å². The van der Waals surface area contributed by atoms with Crippen LogP contribution in [0, 0.1) is 0 Å². The highest BCUT2D eigenvalue weighted by Crippen LogP contribution is 2.44. The van der Waals surface area contributed by atoms with Gasteiger partial charge in [0.05, 0.1) is 13.7 Å². The minimum atomic E-state index is -1.35. The molecule has 0 bridgehead atoms. The Hall–Kier alpha value is -4.20. The number of carbonyl (C=O) groups is 3. The van der Waals surface area contributed by atoms with E-state index in [9.17, 15) is 18.8 Å². The molecule has 2 amide bonds. The van der Waals surface area contributed by atoms with E-state index in [-0.39, 0.29) is 31.9 Å². The number of nitrogens with one attached hydrogen (secondary N) is 1. The highest BCUT2D eigenvalue weighted by molar-refractivity contribution is 5.90. The third kappa shape index (κ3) is 5.11. The molecule has 1 fully saturated rings. The van der Waals surface area contributed by atoms with Gasteiger partial charge in [0.1, 0.15) is 24.9 Å². The molecule has 2 aliphatic rings. The van der Waals surface area contributed by atoms with Crippen LogP contribution >= 0.6 is 0 Å². The first kappa shape index (κ1) is 25.4. The van der Waals surface area contributed by atoms with Crippen molar-refractivity contribution in [3.63, 3.8) is 0 Å². The van der Waals surface area contributed by atoms with Crippen LogP contribution in [-0.2, 0) is 25.5 Å². The fourth-order valence-electron chi connectivity index (χ4n) is 5.42. The smallest absolute Gasteiger partial charge is 0.407 e. The van der Waals surface area contributed by atoms with Gasteiger partial charge < -0.3 is 19.7 Å². The predicted octanol–water partition coefficient (Wildman–Crippen LogP) is 4.25. The summed E-state index contributed by atoms with van der Waals surface area (Å²) in [6.07, 6.45) is -2.09. The normalized spacial score (nSPS) is 18.8. The summed E-state index contributed by atoms with van der Waals surface area (Å²) in [4.78, 5) is 39.9. The quantitative estimate of drug-likeness (QED) is 0.475. The van der Waals surface area contributed by atoms with Gasteiger partial charge in [-0.3, -0.25) is 4.79 Å². The van der Waals surface area contributed by atoms with Gasteiger partial charge in [-0.15, -0.1) is 0 Å². The fourth-order valence-corrected chi connectivity index (χ4v) is 5.42. The van der Waals surface area contributed by atoms with E-state index in [1.54, 1.807) is 0 Å². The van der Waals surface area contributed by atoms with Crippen LogP contribution in [0.3, 0.4) is 0 Å². The van der Waals surface area contributed by atoms with Crippen molar-refractivity contribution in [3.8, 4) is 11.1 Å². The zero-order chi connectivity index (χ0) is 26.6. The predicted molar refractivity (Wildman–Crippen MR) is 139 cm³/mol. The van der Waals surface area contributed by atoms with Crippen molar-refractivity contribution in [2.45, 2.75) is 37.0 Å². The van der Waals surface area contributed by atoms with E-state index in [1.165, 1.54) is 7.11 Å². The molecule has 0 saturated carbocycles. The number of alkyl carbamates (subject to hydrolysis) is 1. The second-order valence-electron chi connectivity index (χ2n) is 9.57. The molecule has 1 N–H and O–H groups in total. The lowest BCUT2D eigenvalue weighted by molar-refractivity contribution is -0.151. The Bertz CT molecular complexity index is 1290. The molecule has 1 heterocycles. The standard InChI is InChI=1S/C30H29FN2O5/c1-37-29(35)27-16-20(31)17-33(27)28(34)26(15-19-9-3-2-4-10-19)32-30(36)38-18-25-23-13-7-5-11-21(23)22-12-6-8-14-24(22)25/h2-14,20,25-27H,15-18H2,1H3,(H,32,36)/t20-,26+,27+/m1/s1. The molecule has 0 unspecified atom stereocenters. The Morgan fingerprint density at radius 2 is 1.55 bits per heavy atom. The number of methoxy groups -OCH3 is 1. The second kappa shape index (κ2) is 11.0. The van der Waals surface area contributed by atoms with Gasteiger partial charge in [-0.05, 0) is 27.8 Å². The first-order chi connectivity index (χ1) is 18.5. The summed E-state index contributed by atoms with van der Waals surface area (Å²) in [5, 5.41) is 2.68. The number of benzene rings is 3. The van der Waals surface area contributed by atoms with Gasteiger partial charge in [0.2, 0.25) is 5.91 Å². The largest absolute Gasteiger partial charge is 0.467 e. The number of likely N-dealkylation sites (tertiary alicyclic amines) is 1. The summed E-state index contributed by atoms with van der Waals surface area (Å²) in [5.41, 5.74) is 5.17. The molecule has 0 radical (unpaired) electrons. The molecule has 1 aliphatic heterocycles. The first-order valence-electron chi connectivity index (χ1n) is 12.6. The van der Waals surface area contributed by atoms with E-state index in [2.05, 4.69) is 17.4 Å². The van der Waals surface area contributed by atoms with Crippen LogP contribution in [0.4, 0.5) is 9.18 Å². The average molecular weight is 517 g/mol. The van der Waals surface area contributed by atoms with Gasteiger partial charge in [0.15, 0.2) is 0 Å². The number of rotatable bonds is 7. The van der Waals surface area contributed by atoms with E-state index in [0.717, 1.165) is 32.7 Å². The SMILES string of the molecule is COC(=O)[C@@H]1C[C@@H](F)CN1C(=O)[C@H](Cc1ccccc1)NC(=O)OCC1c2ccccc2-c2ccccc21. The number of halogens is 1. The Morgan fingerprint density at radius 3 is 2.18 bits per heavy atom. The number of alkyl halides is 1. The molecule has 0 aromatic heterocycles. The van der Waals surface area contributed by atoms with Crippen LogP contribution in [0.15, 0.2) is 78.9 Å². The zero-order valence-electron chi connectivity index (χ0n) is 21.0. The summed E-state index contributed by atoms with van der Waals surface area (Å²) >= 11 is 0. The van der Waals surface area contributed by atoms with Crippen molar-refractivity contribution in [3.05, 3.63) is 95.6 Å². The number of fused-ring (bicyclic) bond motifs is 3. The van der Waals surface area contributed by atoms with Crippen molar-refractivity contribution in [2.24, 2.45) is 0 Å². The van der Waals surface area contributed by atoms with Gasteiger partial charge in [-0.25, -0.2) is 14.0 Å². The number of hydrogen-bond acceptors (Lipinski definition) is 5. The molecule has 5 rings (SSSR count). The summed E-state index contributed by atoms with van der Waals surface area (Å²) in [6.45, 7) is -0.149. The second-order valence-corrected chi connectivity index (χ2v) is 9.57. The molecule has 1 aliphatic carbocycles. The molecular weight excluding hydrogens is 487 g/mol. The fraction of sp³-hybridized carbons (Fsp3) is 0.300. The van der Waals surface area contributed by atoms with Crippen LogP contribution in [0.5, 0.6) is 0 Å². The lowest BCUT2D eigenvalue weighted by Crippen LogP contribution is -2.53. The number of esters is 1. The molecule has 1 saturated heterocycles. The lowest BCUT2D eigenvalue weighted by Gasteiger charge is -2.28. The van der Waals surface area contributed by atoms with E-state index in [1.807, 2.05) is 66.7 Å². The number of carbonyl (C=O) groups excluding carboxylic acids is 3. The van der Waals surface area contributed by atoms with E-state index in [4.69, 9.17) is 9.47 Å². The van der Waals surface area contributed by atoms with Crippen molar-refractivity contribution in [1.29, 1.82) is 0 Å². The third-order valence-corrected chi connectivity index (χ3v) is 7.22.